The zero-order valence-corrected chi connectivity index (χ0v) is 9.86. The standard InChI is InChI=1S/C15H12F2O/c1-18-13-9-7-12(8-10-13)14(15(16)17)11-5-3-2-4-6-11/h2-10H,1H3. The second kappa shape index (κ2) is 5.45. The molecule has 0 radical (unpaired) electrons. The highest BCUT2D eigenvalue weighted by Crippen LogP contribution is 2.29. The first-order chi connectivity index (χ1) is 8.72. The lowest BCUT2D eigenvalue weighted by molar-refractivity contribution is 0.414. The third-order valence-corrected chi connectivity index (χ3v) is 2.63. The van der Waals surface area contributed by atoms with Gasteiger partial charge >= 0.3 is 0 Å². The van der Waals surface area contributed by atoms with Gasteiger partial charge in [-0.3, -0.25) is 0 Å². The average Bonchev–Trinajstić information content (AvgIpc) is 2.40. The highest BCUT2D eigenvalue weighted by atomic mass is 19.3. The topological polar surface area (TPSA) is 9.23 Å². The highest BCUT2D eigenvalue weighted by Gasteiger charge is 2.11. The third-order valence-electron chi connectivity index (χ3n) is 2.63. The first kappa shape index (κ1) is 12.3. The van der Waals surface area contributed by atoms with Gasteiger partial charge in [0.15, 0.2) is 0 Å². The minimum atomic E-state index is -1.69. The highest BCUT2D eigenvalue weighted by molar-refractivity contribution is 5.80. The lowest BCUT2D eigenvalue weighted by atomic mass is 9.99. The van der Waals surface area contributed by atoms with Gasteiger partial charge in [-0.25, -0.2) is 0 Å². The van der Waals surface area contributed by atoms with E-state index in [2.05, 4.69) is 0 Å². The van der Waals surface area contributed by atoms with Crippen molar-refractivity contribution in [3.63, 3.8) is 0 Å². The average molecular weight is 246 g/mol. The molecular formula is C15H12F2O. The van der Waals surface area contributed by atoms with Crippen LogP contribution in [0.4, 0.5) is 8.78 Å². The molecule has 1 nitrogen and oxygen atoms in total. The molecule has 0 saturated heterocycles. The molecule has 0 spiro atoms. The molecule has 18 heavy (non-hydrogen) atoms. The number of hydrogen-bond donors (Lipinski definition) is 0. The van der Waals surface area contributed by atoms with Crippen molar-refractivity contribution in [2.75, 3.05) is 7.11 Å². The molecule has 0 aliphatic rings. The second-order valence-corrected chi connectivity index (χ2v) is 3.73. The maximum atomic E-state index is 13.1. The molecule has 92 valence electrons. The molecule has 0 unspecified atom stereocenters. The number of methoxy groups -OCH3 is 1. The molecule has 0 saturated carbocycles. The zero-order valence-electron chi connectivity index (χ0n) is 9.86. The molecule has 0 N–H and O–H groups in total. The summed E-state index contributed by atoms with van der Waals surface area (Å²) in [4.78, 5) is 0. The Morgan fingerprint density at radius 3 is 1.89 bits per heavy atom. The van der Waals surface area contributed by atoms with Crippen LogP contribution in [0.3, 0.4) is 0 Å². The van der Waals surface area contributed by atoms with Crippen molar-refractivity contribution in [1.82, 2.24) is 0 Å². The SMILES string of the molecule is COc1ccc(C(=C(F)F)c2ccccc2)cc1. The van der Waals surface area contributed by atoms with Crippen molar-refractivity contribution in [2.45, 2.75) is 0 Å². The van der Waals surface area contributed by atoms with Crippen molar-refractivity contribution in [3.8, 4) is 5.75 Å². The number of halogens is 2. The van der Waals surface area contributed by atoms with Crippen molar-refractivity contribution in [3.05, 3.63) is 71.8 Å². The molecule has 0 aliphatic carbocycles. The van der Waals surface area contributed by atoms with Crippen molar-refractivity contribution < 1.29 is 13.5 Å². The Labute approximate surface area is 104 Å². The lowest BCUT2D eigenvalue weighted by Gasteiger charge is -2.08. The molecule has 0 amide bonds. The number of ether oxygens (including phenoxy) is 1. The quantitative estimate of drug-likeness (QED) is 0.782. The van der Waals surface area contributed by atoms with Gasteiger partial charge in [0.05, 0.1) is 12.7 Å². The zero-order chi connectivity index (χ0) is 13.0. The van der Waals surface area contributed by atoms with Crippen molar-refractivity contribution in [1.29, 1.82) is 0 Å². The normalized spacial score (nSPS) is 9.94. The van der Waals surface area contributed by atoms with Gasteiger partial charge in [0.2, 0.25) is 0 Å². The second-order valence-electron chi connectivity index (χ2n) is 3.73. The van der Waals surface area contributed by atoms with Gasteiger partial charge in [-0.1, -0.05) is 42.5 Å². The summed E-state index contributed by atoms with van der Waals surface area (Å²) in [7, 11) is 1.54. The predicted octanol–water partition coefficient (Wildman–Crippen LogP) is 4.35. The number of hydrogen-bond acceptors (Lipinski definition) is 1. The first-order valence-corrected chi connectivity index (χ1v) is 5.47. The van der Waals surface area contributed by atoms with E-state index < -0.39 is 6.08 Å². The van der Waals surface area contributed by atoms with E-state index in [-0.39, 0.29) is 5.57 Å². The molecule has 0 fully saturated rings. The van der Waals surface area contributed by atoms with Crippen LogP contribution in [0.1, 0.15) is 11.1 Å². The Balaban J connectivity index is 2.47. The Kier molecular flexibility index (Phi) is 3.72. The largest absolute Gasteiger partial charge is 0.497 e. The maximum absolute atomic E-state index is 13.1. The molecule has 0 atom stereocenters. The molecule has 3 heteroatoms. The molecule has 0 bridgehead atoms. The smallest absolute Gasteiger partial charge is 0.278 e. The van der Waals surface area contributed by atoms with Crippen LogP contribution in [0.15, 0.2) is 60.7 Å². The Morgan fingerprint density at radius 2 is 1.39 bits per heavy atom. The predicted molar refractivity (Wildman–Crippen MR) is 67.7 cm³/mol. The number of benzene rings is 2. The van der Waals surface area contributed by atoms with Gasteiger partial charge in [-0.15, -0.1) is 0 Å². The van der Waals surface area contributed by atoms with E-state index in [4.69, 9.17) is 4.74 Å². The fraction of sp³-hybridized carbons (Fsp3) is 0.0667. The Morgan fingerprint density at radius 1 is 0.833 bits per heavy atom. The summed E-state index contributed by atoms with van der Waals surface area (Å²) in [6.45, 7) is 0. The first-order valence-electron chi connectivity index (χ1n) is 5.47. The van der Waals surface area contributed by atoms with E-state index in [0.29, 0.717) is 16.9 Å². The molecule has 0 aliphatic heterocycles. The summed E-state index contributed by atoms with van der Waals surface area (Å²) in [6.07, 6.45) is -1.69. The van der Waals surface area contributed by atoms with Gasteiger partial charge in [-0.05, 0) is 23.3 Å². The lowest BCUT2D eigenvalue weighted by Crippen LogP contribution is -1.90. The summed E-state index contributed by atoms with van der Waals surface area (Å²) >= 11 is 0. The van der Waals surface area contributed by atoms with Crippen LogP contribution in [-0.4, -0.2) is 7.11 Å². The van der Waals surface area contributed by atoms with Crippen LogP contribution in [0.5, 0.6) is 5.75 Å². The van der Waals surface area contributed by atoms with E-state index in [1.807, 2.05) is 0 Å². The van der Waals surface area contributed by atoms with Crippen LogP contribution >= 0.6 is 0 Å². The van der Waals surface area contributed by atoms with E-state index in [1.54, 1.807) is 61.7 Å². The number of rotatable bonds is 3. The summed E-state index contributed by atoms with van der Waals surface area (Å²) in [5, 5.41) is 0. The van der Waals surface area contributed by atoms with Crippen LogP contribution < -0.4 is 4.74 Å². The molecule has 0 heterocycles. The van der Waals surface area contributed by atoms with E-state index in [0.717, 1.165) is 0 Å². The fourth-order valence-electron chi connectivity index (χ4n) is 1.75. The minimum absolute atomic E-state index is 0.0433. The summed E-state index contributed by atoms with van der Waals surface area (Å²) in [5.74, 6) is 0.644. The van der Waals surface area contributed by atoms with Crippen LogP contribution in [0, 0.1) is 0 Å². The van der Waals surface area contributed by atoms with Gasteiger partial charge in [0, 0.05) is 0 Å². The van der Waals surface area contributed by atoms with E-state index >= 15 is 0 Å². The molecule has 2 aromatic rings. The van der Waals surface area contributed by atoms with Crippen LogP contribution in [0.25, 0.3) is 5.57 Å². The maximum Gasteiger partial charge on any atom is 0.278 e. The van der Waals surface area contributed by atoms with Gasteiger partial charge in [0.1, 0.15) is 5.75 Å². The van der Waals surface area contributed by atoms with Crippen molar-refractivity contribution in [2.24, 2.45) is 0 Å². The molecule has 2 rings (SSSR count). The van der Waals surface area contributed by atoms with E-state index in [1.165, 1.54) is 0 Å². The molecular weight excluding hydrogens is 234 g/mol. The Bertz CT molecular complexity index is 540. The summed E-state index contributed by atoms with van der Waals surface area (Å²) in [5.41, 5.74) is 0.933. The summed E-state index contributed by atoms with van der Waals surface area (Å²) in [6, 6.07) is 15.2. The minimum Gasteiger partial charge on any atom is -0.497 e. The Hall–Kier alpha value is -2.16. The van der Waals surface area contributed by atoms with Gasteiger partial charge in [0.25, 0.3) is 6.08 Å². The molecule has 0 aromatic heterocycles. The van der Waals surface area contributed by atoms with Crippen LogP contribution in [0.2, 0.25) is 0 Å². The van der Waals surface area contributed by atoms with Crippen LogP contribution in [-0.2, 0) is 0 Å². The van der Waals surface area contributed by atoms with Crippen molar-refractivity contribution >= 4 is 5.57 Å². The third kappa shape index (κ3) is 2.56. The van der Waals surface area contributed by atoms with Gasteiger partial charge in [-0.2, -0.15) is 8.78 Å². The monoisotopic (exact) mass is 246 g/mol. The fourth-order valence-corrected chi connectivity index (χ4v) is 1.75. The van der Waals surface area contributed by atoms with E-state index in [9.17, 15) is 8.78 Å². The van der Waals surface area contributed by atoms with Gasteiger partial charge < -0.3 is 4.74 Å². The molecule has 2 aromatic carbocycles. The summed E-state index contributed by atoms with van der Waals surface area (Å²) < 4.78 is 31.2.